The van der Waals surface area contributed by atoms with Crippen LogP contribution in [0.25, 0.3) is 0 Å². The van der Waals surface area contributed by atoms with E-state index in [4.69, 9.17) is 0 Å². The van der Waals surface area contributed by atoms with Crippen LogP contribution in [0.15, 0.2) is 24.5 Å². The zero-order chi connectivity index (χ0) is 12.4. The first-order chi connectivity index (χ1) is 8.81. The summed E-state index contributed by atoms with van der Waals surface area (Å²) >= 11 is 1.18. The average molecular weight is 265 g/mol. The third kappa shape index (κ3) is 2.56. The van der Waals surface area contributed by atoms with Gasteiger partial charge in [0.2, 0.25) is 0 Å². The molecule has 0 aliphatic heterocycles. The summed E-state index contributed by atoms with van der Waals surface area (Å²) in [6.07, 6.45) is 8.99. The summed E-state index contributed by atoms with van der Waals surface area (Å²) in [5.74, 6) is 0. The first kappa shape index (κ1) is 11.7. The molecule has 0 atom stereocenters. The molecule has 1 N–H and O–H groups in total. The second kappa shape index (κ2) is 5.10. The van der Waals surface area contributed by atoms with Crippen LogP contribution in [-0.4, -0.2) is 9.78 Å². The van der Waals surface area contributed by atoms with Gasteiger partial charge in [-0.1, -0.05) is 12.8 Å². The number of thiophene rings is 1. The lowest BCUT2D eigenvalue weighted by Gasteiger charge is -2.08. The quantitative estimate of drug-likeness (QED) is 0.911. The Hall–Kier alpha value is -1.36. The van der Waals surface area contributed by atoms with Crippen molar-refractivity contribution in [3.8, 4) is 0 Å². The highest BCUT2D eigenvalue weighted by molar-refractivity contribution is 7.10. The number of halogens is 1. The molecule has 5 heteroatoms. The van der Waals surface area contributed by atoms with Crippen molar-refractivity contribution in [2.24, 2.45) is 0 Å². The Labute approximate surface area is 110 Å². The van der Waals surface area contributed by atoms with E-state index < -0.39 is 0 Å². The highest BCUT2D eigenvalue weighted by atomic mass is 32.1. The molecule has 0 radical (unpaired) electrons. The molecule has 1 aliphatic carbocycles. The Morgan fingerprint density at radius 1 is 1.39 bits per heavy atom. The van der Waals surface area contributed by atoms with Crippen molar-refractivity contribution in [3.63, 3.8) is 0 Å². The Balaban J connectivity index is 1.59. The van der Waals surface area contributed by atoms with E-state index in [-0.39, 0.29) is 5.13 Å². The third-order valence-electron chi connectivity index (χ3n) is 3.40. The fraction of sp³-hybridized carbons (Fsp3) is 0.462. The molecule has 1 saturated carbocycles. The monoisotopic (exact) mass is 265 g/mol. The molecule has 0 spiro atoms. The normalized spacial score (nSPS) is 16.3. The zero-order valence-electron chi connectivity index (χ0n) is 10.1. The fourth-order valence-corrected chi connectivity index (χ4v) is 3.10. The highest BCUT2D eigenvalue weighted by Gasteiger charge is 2.17. The maximum Gasteiger partial charge on any atom is 0.176 e. The van der Waals surface area contributed by atoms with Gasteiger partial charge in [0.25, 0.3) is 0 Å². The van der Waals surface area contributed by atoms with Crippen LogP contribution in [0, 0.1) is 5.13 Å². The SMILES string of the molecule is Fc1ccc(CNc2cnn(C3CCCC3)c2)s1. The van der Waals surface area contributed by atoms with Crippen LogP contribution in [0.1, 0.15) is 36.6 Å². The van der Waals surface area contributed by atoms with Crippen LogP contribution in [0.2, 0.25) is 0 Å². The van der Waals surface area contributed by atoms with Crippen molar-refractivity contribution in [3.05, 3.63) is 34.5 Å². The largest absolute Gasteiger partial charge is 0.378 e. The van der Waals surface area contributed by atoms with Crippen LogP contribution in [0.3, 0.4) is 0 Å². The standard InChI is InChI=1S/C13H16FN3S/c14-13-6-5-12(18-13)8-15-10-7-16-17(9-10)11-3-1-2-4-11/h5-7,9,11,15H,1-4,8H2. The van der Waals surface area contributed by atoms with E-state index in [1.807, 2.05) is 12.3 Å². The molecule has 3 nitrogen and oxygen atoms in total. The lowest BCUT2D eigenvalue weighted by atomic mass is 10.3. The van der Waals surface area contributed by atoms with E-state index in [1.54, 1.807) is 0 Å². The predicted octanol–water partition coefficient (Wildman–Crippen LogP) is 3.81. The molecule has 1 fully saturated rings. The van der Waals surface area contributed by atoms with Gasteiger partial charge < -0.3 is 5.32 Å². The number of rotatable bonds is 4. The number of anilines is 1. The van der Waals surface area contributed by atoms with E-state index >= 15 is 0 Å². The van der Waals surface area contributed by atoms with E-state index in [2.05, 4.69) is 21.3 Å². The van der Waals surface area contributed by atoms with Gasteiger partial charge in [-0.15, -0.1) is 11.3 Å². The van der Waals surface area contributed by atoms with Gasteiger partial charge in [0, 0.05) is 17.6 Å². The summed E-state index contributed by atoms with van der Waals surface area (Å²) in [7, 11) is 0. The molecule has 0 unspecified atom stereocenters. The lowest BCUT2D eigenvalue weighted by molar-refractivity contribution is 0.467. The van der Waals surface area contributed by atoms with Crippen molar-refractivity contribution < 1.29 is 4.39 Å². The Kier molecular flexibility index (Phi) is 3.32. The topological polar surface area (TPSA) is 29.9 Å². The molecule has 0 saturated heterocycles. The smallest absolute Gasteiger partial charge is 0.176 e. The predicted molar refractivity (Wildman–Crippen MR) is 71.3 cm³/mol. The molecular formula is C13H16FN3S. The average Bonchev–Trinajstić information content (AvgIpc) is 3.07. The summed E-state index contributed by atoms with van der Waals surface area (Å²) < 4.78 is 14.9. The molecule has 0 aromatic carbocycles. The van der Waals surface area contributed by atoms with Gasteiger partial charge in [-0.3, -0.25) is 4.68 Å². The summed E-state index contributed by atoms with van der Waals surface area (Å²) in [4.78, 5) is 1.00. The van der Waals surface area contributed by atoms with Crippen LogP contribution in [-0.2, 0) is 6.54 Å². The Bertz CT molecular complexity index is 514. The van der Waals surface area contributed by atoms with Crippen molar-refractivity contribution in [1.29, 1.82) is 0 Å². The minimum atomic E-state index is -0.131. The van der Waals surface area contributed by atoms with E-state index in [9.17, 15) is 4.39 Å². The molecule has 96 valence electrons. The van der Waals surface area contributed by atoms with Gasteiger partial charge in [-0.2, -0.15) is 9.49 Å². The molecule has 3 rings (SSSR count). The second-order valence-electron chi connectivity index (χ2n) is 4.71. The van der Waals surface area contributed by atoms with Gasteiger partial charge in [-0.05, 0) is 25.0 Å². The van der Waals surface area contributed by atoms with Gasteiger partial charge in [0.15, 0.2) is 5.13 Å². The maximum atomic E-state index is 12.8. The van der Waals surface area contributed by atoms with Gasteiger partial charge >= 0.3 is 0 Å². The number of nitrogens with zero attached hydrogens (tertiary/aromatic N) is 2. The second-order valence-corrected chi connectivity index (χ2v) is 5.83. The fourth-order valence-electron chi connectivity index (χ4n) is 2.43. The molecule has 18 heavy (non-hydrogen) atoms. The number of aromatic nitrogens is 2. The Morgan fingerprint density at radius 2 is 2.22 bits per heavy atom. The lowest BCUT2D eigenvalue weighted by Crippen LogP contribution is -2.04. The third-order valence-corrected chi connectivity index (χ3v) is 4.27. The van der Waals surface area contributed by atoms with E-state index in [0.29, 0.717) is 12.6 Å². The molecule has 2 aromatic rings. The van der Waals surface area contributed by atoms with Crippen LogP contribution < -0.4 is 5.32 Å². The highest BCUT2D eigenvalue weighted by Crippen LogP contribution is 2.29. The van der Waals surface area contributed by atoms with Crippen LogP contribution in [0.4, 0.5) is 10.1 Å². The van der Waals surface area contributed by atoms with E-state index in [0.717, 1.165) is 10.6 Å². The van der Waals surface area contributed by atoms with E-state index in [1.165, 1.54) is 43.1 Å². The number of hydrogen-bond donors (Lipinski definition) is 1. The Morgan fingerprint density at radius 3 is 2.94 bits per heavy atom. The van der Waals surface area contributed by atoms with Crippen molar-refractivity contribution in [2.75, 3.05) is 5.32 Å². The van der Waals surface area contributed by atoms with Gasteiger partial charge in [-0.25, -0.2) is 0 Å². The summed E-state index contributed by atoms with van der Waals surface area (Å²) in [5, 5.41) is 7.55. The zero-order valence-corrected chi connectivity index (χ0v) is 10.9. The summed E-state index contributed by atoms with van der Waals surface area (Å²) in [6.45, 7) is 0.658. The summed E-state index contributed by atoms with van der Waals surface area (Å²) in [6, 6.07) is 3.89. The minimum Gasteiger partial charge on any atom is -0.378 e. The number of hydrogen-bond acceptors (Lipinski definition) is 3. The van der Waals surface area contributed by atoms with Crippen molar-refractivity contribution in [1.82, 2.24) is 9.78 Å². The molecule has 2 aromatic heterocycles. The van der Waals surface area contributed by atoms with Crippen molar-refractivity contribution >= 4 is 17.0 Å². The van der Waals surface area contributed by atoms with Gasteiger partial charge in [0.1, 0.15) is 0 Å². The first-order valence-corrected chi connectivity index (χ1v) is 7.15. The summed E-state index contributed by atoms with van der Waals surface area (Å²) in [5.41, 5.74) is 1.01. The van der Waals surface area contributed by atoms with Crippen LogP contribution in [0.5, 0.6) is 0 Å². The molecule has 0 amide bonds. The first-order valence-electron chi connectivity index (χ1n) is 6.33. The minimum absolute atomic E-state index is 0.131. The number of nitrogens with one attached hydrogen (secondary N) is 1. The van der Waals surface area contributed by atoms with Crippen LogP contribution >= 0.6 is 11.3 Å². The molecule has 0 bridgehead atoms. The molecular weight excluding hydrogens is 249 g/mol. The maximum absolute atomic E-state index is 12.8. The molecule has 2 heterocycles. The van der Waals surface area contributed by atoms with Crippen molar-refractivity contribution in [2.45, 2.75) is 38.3 Å². The molecule has 1 aliphatic rings. The van der Waals surface area contributed by atoms with Gasteiger partial charge in [0.05, 0.1) is 17.9 Å².